The molecular weight excluding hydrogens is 623 g/mol. The van der Waals surface area contributed by atoms with Gasteiger partial charge in [0.2, 0.25) is 0 Å². The number of hydrogen-bond acceptors (Lipinski definition) is 7. The zero-order valence-electron chi connectivity index (χ0n) is 19.4. The molecule has 0 aliphatic carbocycles. The maximum Gasteiger partial charge on any atom is 0.339 e. The molecule has 196 valence electrons. The molecule has 0 atom stereocenters. The third-order valence-electron chi connectivity index (χ3n) is 5.13. The van der Waals surface area contributed by atoms with Gasteiger partial charge in [0.1, 0.15) is 10.5 Å². The molecule has 4 rings (SSSR count). The third-order valence-corrected chi connectivity index (χ3v) is 7.69. The summed E-state index contributed by atoms with van der Waals surface area (Å²) in [5, 5.41) is 2.44. The first-order valence-corrected chi connectivity index (χ1v) is 13.8. The highest BCUT2D eigenvalue weighted by Gasteiger charge is 2.37. The molecular formula is C25H17BrCl2N2O7S. The number of urea groups is 1. The maximum absolute atomic E-state index is 13.2. The van der Waals surface area contributed by atoms with Crippen molar-refractivity contribution in [3.05, 3.63) is 86.3 Å². The minimum Gasteiger partial charge on any atom is -0.490 e. The van der Waals surface area contributed by atoms with Gasteiger partial charge in [0.25, 0.3) is 11.8 Å². The Labute approximate surface area is 236 Å². The van der Waals surface area contributed by atoms with E-state index in [9.17, 15) is 22.8 Å². The normalized spacial score (nSPS) is 15.0. The lowest BCUT2D eigenvalue weighted by Gasteiger charge is -2.26. The number of barbiturate groups is 1. The van der Waals surface area contributed by atoms with Crippen LogP contribution in [0.1, 0.15) is 12.5 Å². The lowest BCUT2D eigenvalue weighted by atomic mass is 10.1. The number of imide groups is 2. The Morgan fingerprint density at radius 2 is 1.71 bits per heavy atom. The van der Waals surface area contributed by atoms with E-state index < -0.39 is 28.0 Å². The van der Waals surface area contributed by atoms with E-state index in [1.165, 1.54) is 48.5 Å². The number of nitrogens with one attached hydrogen (secondary N) is 1. The third kappa shape index (κ3) is 5.70. The Morgan fingerprint density at radius 3 is 2.37 bits per heavy atom. The van der Waals surface area contributed by atoms with Crippen LogP contribution in [0.5, 0.6) is 11.5 Å². The molecule has 3 aromatic carbocycles. The SMILES string of the molecule is CCOc1cc(/C=C2\C(=O)NC(=O)N(c3ccc(Cl)c(Cl)c3)C2=O)cc(Br)c1OS(=O)(=O)c1ccccc1. The first kappa shape index (κ1) is 27.6. The number of halogens is 3. The highest BCUT2D eigenvalue weighted by atomic mass is 79.9. The molecule has 1 heterocycles. The average Bonchev–Trinajstić information content (AvgIpc) is 2.86. The minimum absolute atomic E-state index is 0.0364. The van der Waals surface area contributed by atoms with E-state index in [-0.39, 0.29) is 54.3 Å². The van der Waals surface area contributed by atoms with Gasteiger partial charge in [-0.1, -0.05) is 41.4 Å². The molecule has 38 heavy (non-hydrogen) atoms. The van der Waals surface area contributed by atoms with Gasteiger partial charge in [0.05, 0.1) is 26.8 Å². The predicted molar refractivity (Wildman–Crippen MR) is 145 cm³/mol. The van der Waals surface area contributed by atoms with E-state index in [4.69, 9.17) is 32.1 Å². The largest absolute Gasteiger partial charge is 0.490 e. The summed E-state index contributed by atoms with van der Waals surface area (Å²) in [6, 6.07) is 13.6. The molecule has 0 radical (unpaired) electrons. The van der Waals surface area contributed by atoms with Crippen molar-refractivity contribution < 1.29 is 31.7 Å². The molecule has 1 aliphatic heterocycles. The Balaban J connectivity index is 1.73. The molecule has 1 N–H and O–H groups in total. The van der Waals surface area contributed by atoms with Crippen LogP contribution in [0.15, 0.2) is 75.6 Å². The van der Waals surface area contributed by atoms with E-state index in [2.05, 4.69) is 21.2 Å². The van der Waals surface area contributed by atoms with Gasteiger partial charge in [-0.15, -0.1) is 0 Å². The van der Waals surface area contributed by atoms with Crippen LogP contribution < -0.4 is 19.1 Å². The second-order valence-corrected chi connectivity index (χ2v) is 10.9. The van der Waals surface area contributed by atoms with Crippen molar-refractivity contribution in [1.82, 2.24) is 5.32 Å². The van der Waals surface area contributed by atoms with Gasteiger partial charge < -0.3 is 8.92 Å². The van der Waals surface area contributed by atoms with Gasteiger partial charge in [-0.2, -0.15) is 8.42 Å². The van der Waals surface area contributed by atoms with Gasteiger partial charge in [-0.3, -0.25) is 14.9 Å². The molecule has 9 nitrogen and oxygen atoms in total. The van der Waals surface area contributed by atoms with Crippen LogP contribution in [0.4, 0.5) is 10.5 Å². The van der Waals surface area contributed by atoms with Gasteiger partial charge in [0.15, 0.2) is 11.5 Å². The molecule has 0 spiro atoms. The molecule has 0 unspecified atom stereocenters. The standard InChI is InChI=1S/C25H17BrCl2N2O7S/c1-2-36-21-12-14(11-18(26)22(21)37-38(34,35)16-6-4-3-5-7-16)10-17-23(31)29-25(33)30(24(17)32)15-8-9-19(27)20(28)13-15/h3-13H,2H2,1H3,(H,29,31,33)/b17-10+. The molecule has 0 saturated carbocycles. The fourth-order valence-corrected chi connectivity index (χ4v) is 5.36. The lowest BCUT2D eigenvalue weighted by molar-refractivity contribution is -0.122. The molecule has 13 heteroatoms. The number of nitrogens with zero attached hydrogens (tertiary/aromatic N) is 1. The molecule has 1 fully saturated rings. The summed E-state index contributed by atoms with van der Waals surface area (Å²) >= 11 is 15.2. The van der Waals surface area contributed by atoms with Crippen LogP contribution in [0.2, 0.25) is 10.0 Å². The number of carbonyl (C=O) groups excluding carboxylic acids is 3. The van der Waals surface area contributed by atoms with E-state index in [0.717, 1.165) is 4.90 Å². The molecule has 1 aliphatic rings. The van der Waals surface area contributed by atoms with Crippen molar-refractivity contribution in [2.45, 2.75) is 11.8 Å². The molecule has 0 bridgehead atoms. The van der Waals surface area contributed by atoms with Crippen LogP contribution >= 0.6 is 39.1 Å². The zero-order chi connectivity index (χ0) is 27.6. The maximum atomic E-state index is 13.2. The Kier molecular flexibility index (Phi) is 8.12. The highest BCUT2D eigenvalue weighted by molar-refractivity contribution is 9.10. The number of rotatable bonds is 7. The van der Waals surface area contributed by atoms with E-state index >= 15 is 0 Å². The monoisotopic (exact) mass is 638 g/mol. The van der Waals surface area contributed by atoms with Gasteiger partial charge >= 0.3 is 16.1 Å². The van der Waals surface area contributed by atoms with E-state index in [1.54, 1.807) is 25.1 Å². The fraction of sp³-hybridized carbons (Fsp3) is 0.0800. The summed E-state index contributed by atoms with van der Waals surface area (Å²) < 4.78 is 36.7. The van der Waals surface area contributed by atoms with Crippen LogP contribution in [0.3, 0.4) is 0 Å². The number of hydrogen-bond donors (Lipinski definition) is 1. The van der Waals surface area contributed by atoms with Crippen LogP contribution in [0.25, 0.3) is 6.08 Å². The van der Waals surface area contributed by atoms with Crippen molar-refractivity contribution >= 4 is 78.9 Å². The van der Waals surface area contributed by atoms with Crippen molar-refractivity contribution in [3.63, 3.8) is 0 Å². The van der Waals surface area contributed by atoms with Gasteiger partial charge in [0, 0.05) is 0 Å². The fourth-order valence-electron chi connectivity index (χ4n) is 3.44. The summed E-state index contributed by atoms with van der Waals surface area (Å²) in [6.45, 7) is 1.85. The Morgan fingerprint density at radius 1 is 1.00 bits per heavy atom. The zero-order valence-corrected chi connectivity index (χ0v) is 23.3. The number of carbonyl (C=O) groups is 3. The summed E-state index contributed by atoms with van der Waals surface area (Å²) in [7, 11) is -4.19. The smallest absolute Gasteiger partial charge is 0.339 e. The van der Waals surface area contributed by atoms with Crippen LogP contribution in [-0.4, -0.2) is 32.9 Å². The lowest BCUT2D eigenvalue weighted by Crippen LogP contribution is -2.54. The van der Waals surface area contributed by atoms with Crippen molar-refractivity contribution in [1.29, 1.82) is 0 Å². The van der Waals surface area contributed by atoms with E-state index in [0.29, 0.717) is 0 Å². The topological polar surface area (TPSA) is 119 Å². The molecule has 4 amide bonds. The summed E-state index contributed by atoms with van der Waals surface area (Å²) in [5.41, 5.74) is 0.0219. The number of anilines is 1. The average molecular weight is 640 g/mol. The number of benzene rings is 3. The summed E-state index contributed by atoms with van der Waals surface area (Å²) in [5.74, 6) is -1.91. The Bertz CT molecular complexity index is 1590. The quantitative estimate of drug-likeness (QED) is 0.203. The second-order valence-electron chi connectivity index (χ2n) is 7.67. The molecule has 3 aromatic rings. The van der Waals surface area contributed by atoms with Crippen LogP contribution in [0, 0.1) is 0 Å². The van der Waals surface area contributed by atoms with Crippen molar-refractivity contribution in [3.8, 4) is 11.5 Å². The van der Waals surface area contributed by atoms with Crippen LogP contribution in [-0.2, 0) is 19.7 Å². The Hall–Kier alpha value is -3.38. The number of amides is 4. The minimum atomic E-state index is -4.19. The molecule has 1 saturated heterocycles. The van der Waals surface area contributed by atoms with Crippen molar-refractivity contribution in [2.75, 3.05) is 11.5 Å². The number of ether oxygens (including phenoxy) is 1. The van der Waals surface area contributed by atoms with E-state index in [1.807, 2.05) is 0 Å². The van der Waals surface area contributed by atoms with Crippen molar-refractivity contribution in [2.24, 2.45) is 0 Å². The first-order chi connectivity index (χ1) is 18.0. The molecule has 0 aromatic heterocycles. The van der Waals surface area contributed by atoms with Gasteiger partial charge in [-0.05, 0) is 77.0 Å². The van der Waals surface area contributed by atoms with Gasteiger partial charge in [-0.25, -0.2) is 9.69 Å². The predicted octanol–water partition coefficient (Wildman–Crippen LogP) is 5.59. The second kappa shape index (κ2) is 11.2. The first-order valence-electron chi connectivity index (χ1n) is 10.8. The summed E-state index contributed by atoms with van der Waals surface area (Å²) in [4.78, 5) is 38.9. The highest BCUT2D eigenvalue weighted by Crippen LogP contribution is 2.39. The summed E-state index contributed by atoms with van der Waals surface area (Å²) in [6.07, 6.45) is 1.23.